The Bertz CT molecular complexity index is 1360. The Morgan fingerprint density at radius 1 is 0.976 bits per heavy atom. The maximum atomic E-state index is 14.6. The summed E-state index contributed by atoms with van der Waals surface area (Å²) >= 11 is 0. The van der Waals surface area contributed by atoms with Gasteiger partial charge in [-0.15, -0.1) is 0 Å². The second-order valence-electron chi connectivity index (χ2n) is 13.7. The number of carbonyl (C=O) groups is 7. The number of hydrogen-bond donors (Lipinski definition) is 1. The lowest BCUT2D eigenvalue weighted by molar-refractivity contribution is -0.172. The average Bonchev–Trinajstić information content (AvgIpc) is 3.07. The molecule has 41 heavy (non-hydrogen) atoms. The Morgan fingerprint density at radius 2 is 1.59 bits per heavy atom. The van der Waals surface area contributed by atoms with Crippen LogP contribution in [-0.2, 0) is 38.3 Å². The molecule has 2 saturated carbocycles. The first-order valence-electron chi connectivity index (χ1n) is 14.3. The highest BCUT2D eigenvalue weighted by atomic mass is 16.5. The Kier molecular flexibility index (Phi) is 7.24. The van der Waals surface area contributed by atoms with Crippen molar-refractivity contribution in [1.29, 1.82) is 0 Å². The van der Waals surface area contributed by atoms with Crippen LogP contribution in [0.1, 0.15) is 87.5 Å². The minimum Gasteiger partial charge on any atom is -0.481 e. The van der Waals surface area contributed by atoms with E-state index in [1.807, 2.05) is 6.92 Å². The maximum absolute atomic E-state index is 14.6. The maximum Gasteiger partial charge on any atom is 0.306 e. The quantitative estimate of drug-likeness (QED) is 0.370. The van der Waals surface area contributed by atoms with Gasteiger partial charge in [0.1, 0.15) is 11.6 Å². The Morgan fingerprint density at radius 3 is 2.15 bits per heavy atom. The van der Waals surface area contributed by atoms with Gasteiger partial charge in [-0.1, -0.05) is 40.2 Å². The van der Waals surface area contributed by atoms with E-state index in [2.05, 4.69) is 0 Å². The number of carboxylic acids is 1. The van der Waals surface area contributed by atoms with Crippen molar-refractivity contribution in [3.63, 3.8) is 0 Å². The van der Waals surface area contributed by atoms with Crippen molar-refractivity contribution >= 4 is 40.9 Å². The van der Waals surface area contributed by atoms with E-state index in [0.29, 0.717) is 12.0 Å². The predicted octanol–water partition coefficient (Wildman–Crippen LogP) is 4.01. The van der Waals surface area contributed by atoms with Crippen LogP contribution in [0, 0.1) is 39.4 Å². The van der Waals surface area contributed by atoms with Crippen LogP contribution in [0.5, 0.6) is 0 Å². The number of esters is 1. The highest BCUT2D eigenvalue weighted by Gasteiger charge is 2.74. The van der Waals surface area contributed by atoms with Gasteiger partial charge in [0.25, 0.3) is 0 Å². The summed E-state index contributed by atoms with van der Waals surface area (Å²) in [5.74, 6) is -5.51. The van der Waals surface area contributed by atoms with Crippen LogP contribution in [0.4, 0.5) is 0 Å². The second kappa shape index (κ2) is 9.66. The molecule has 0 bridgehead atoms. The number of aliphatic carboxylic acids is 1. The van der Waals surface area contributed by atoms with Gasteiger partial charge in [0.2, 0.25) is 5.78 Å². The molecule has 1 N–H and O–H groups in total. The first kappa shape index (κ1) is 30.7. The summed E-state index contributed by atoms with van der Waals surface area (Å²) < 4.78 is 5.75. The number of rotatable bonds is 6. The fourth-order valence-electron chi connectivity index (χ4n) is 8.57. The van der Waals surface area contributed by atoms with E-state index >= 15 is 0 Å². The van der Waals surface area contributed by atoms with Gasteiger partial charge in [-0.25, -0.2) is 0 Å². The average molecular weight is 569 g/mol. The van der Waals surface area contributed by atoms with Crippen LogP contribution in [0.2, 0.25) is 0 Å². The third-order valence-electron chi connectivity index (χ3n) is 11.1. The molecule has 0 saturated heterocycles. The van der Waals surface area contributed by atoms with Gasteiger partial charge in [0.05, 0.1) is 11.3 Å². The lowest BCUT2D eigenvalue weighted by Crippen LogP contribution is -2.64. The van der Waals surface area contributed by atoms with E-state index in [1.165, 1.54) is 19.9 Å². The van der Waals surface area contributed by atoms with Gasteiger partial charge in [0, 0.05) is 60.0 Å². The molecular weight excluding hydrogens is 528 g/mol. The number of ketones is 5. The molecule has 1 unspecified atom stereocenters. The molecule has 9 heteroatoms. The second-order valence-corrected chi connectivity index (χ2v) is 13.7. The van der Waals surface area contributed by atoms with Crippen LogP contribution in [-0.4, -0.2) is 52.1 Å². The largest absolute Gasteiger partial charge is 0.481 e. The number of ether oxygens (including phenoxy) is 1. The zero-order chi connectivity index (χ0) is 31.0. The summed E-state index contributed by atoms with van der Waals surface area (Å²) in [4.78, 5) is 92.1. The summed E-state index contributed by atoms with van der Waals surface area (Å²) in [6.07, 6.45) is 0.156. The lowest BCUT2D eigenvalue weighted by Gasteiger charge is -2.59. The highest BCUT2D eigenvalue weighted by molar-refractivity contribution is 6.18. The van der Waals surface area contributed by atoms with Gasteiger partial charge in [-0.05, 0) is 38.2 Å². The van der Waals surface area contributed by atoms with Crippen molar-refractivity contribution in [2.24, 2.45) is 39.4 Å². The van der Waals surface area contributed by atoms with E-state index in [0.717, 1.165) is 0 Å². The van der Waals surface area contributed by atoms with Crippen LogP contribution in [0.25, 0.3) is 0 Å². The van der Waals surface area contributed by atoms with Gasteiger partial charge >= 0.3 is 11.9 Å². The molecule has 222 valence electrons. The number of carbonyl (C=O) groups excluding carboxylic acids is 6. The lowest BCUT2D eigenvalue weighted by atomic mass is 9.42. The molecule has 4 aliphatic carbocycles. The molecule has 0 spiro atoms. The third-order valence-corrected chi connectivity index (χ3v) is 11.1. The smallest absolute Gasteiger partial charge is 0.306 e. The van der Waals surface area contributed by atoms with E-state index < -0.39 is 69.0 Å². The van der Waals surface area contributed by atoms with Crippen LogP contribution < -0.4 is 0 Å². The van der Waals surface area contributed by atoms with E-state index in [1.54, 1.807) is 34.6 Å². The van der Waals surface area contributed by atoms with Gasteiger partial charge < -0.3 is 9.84 Å². The van der Waals surface area contributed by atoms with Crippen LogP contribution >= 0.6 is 0 Å². The third kappa shape index (κ3) is 4.13. The zero-order valence-corrected chi connectivity index (χ0v) is 25.1. The van der Waals surface area contributed by atoms with Crippen molar-refractivity contribution in [2.75, 3.05) is 0 Å². The fraction of sp³-hybridized carbons (Fsp3) is 0.656. The summed E-state index contributed by atoms with van der Waals surface area (Å²) in [7, 11) is 0. The highest BCUT2D eigenvalue weighted by Crippen LogP contribution is 2.70. The number of Topliss-reactive ketones (excluding diaryl/α,β-unsaturated/α-hetero) is 4. The minimum absolute atomic E-state index is 0.0174. The standard InChI is InChI=1S/C32H40O9/c1-15(11-18(34)12-16(2)28(39)40)19-13-23(37)32(8)24-20(35)14-21-29(4,5)22(36)9-10-30(21,6)25(24)26(38)27(31(19,32)7)41-17(3)33/h11,16,19,21,27H,9-10,12-14H2,1-8H3,(H,39,40)/t16?,19-,21+,27-,30+,31+,32+/m1/s1. The predicted molar refractivity (Wildman–Crippen MR) is 146 cm³/mol. The molecule has 0 aliphatic heterocycles. The molecule has 0 aromatic carbocycles. The Balaban J connectivity index is 1.94. The SMILES string of the molecule is CC(=O)O[C@@H]1C(=O)C2=C(C(=O)C[C@H]3C(C)(C)C(=O)CC[C@]23C)[C@]2(C)C(=O)C[C@H](C(C)=CC(=O)CC(C)C(=O)O)[C@@]12C. The fourth-order valence-corrected chi connectivity index (χ4v) is 8.57. The molecule has 9 nitrogen and oxygen atoms in total. The number of allylic oxidation sites excluding steroid dienone is 3. The molecular formula is C32H40O9. The molecule has 0 aromatic rings. The summed E-state index contributed by atoms with van der Waals surface area (Å²) in [6, 6.07) is 0. The Hall–Kier alpha value is -3.23. The molecule has 7 atom stereocenters. The zero-order valence-electron chi connectivity index (χ0n) is 25.1. The molecule has 4 rings (SSSR count). The van der Waals surface area contributed by atoms with E-state index in [9.17, 15) is 38.7 Å². The van der Waals surface area contributed by atoms with Crippen LogP contribution in [0.3, 0.4) is 0 Å². The minimum atomic E-state index is -1.50. The summed E-state index contributed by atoms with van der Waals surface area (Å²) in [6.45, 7) is 13.1. The molecule has 2 fully saturated rings. The summed E-state index contributed by atoms with van der Waals surface area (Å²) in [5, 5.41) is 9.21. The van der Waals surface area contributed by atoms with Crippen molar-refractivity contribution in [1.82, 2.24) is 0 Å². The molecule has 4 aliphatic rings. The summed E-state index contributed by atoms with van der Waals surface area (Å²) in [5.41, 5.74) is -3.82. The first-order valence-corrected chi connectivity index (χ1v) is 14.3. The number of carboxylic acid groups (broad SMARTS) is 1. The monoisotopic (exact) mass is 568 g/mol. The van der Waals surface area contributed by atoms with E-state index in [4.69, 9.17) is 4.74 Å². The van der Waals surface area contributed by atoms with Gasteiger partial charge in [-0.2, -0.15) is 0 Å². The topological polar surface area (TPSA) is 149 Å². The van der Waals surface area contributed by atoms with Gasteiger partial charge in [0.15, 0.2) is 17.7 Å². The molecule has 0 amide bonds. The van der Waals surface area contributed by atoms with E-state index in [-0.39, 0.29) is 54.2 Å². The van der Waals surface area contributed by atoms with Crippen molar-refractivity contribution in [3.05, 3.63) is 22.8 Å². The molecule has 0 aromatic heterocycles. The van der Waals surface area contributed by atoms with Gasteiger partial charge in [-0.3, -0.25) is 33.6 Å². The van der Waals surface area contributed by atoms with Crippen molar-refractivity contribution < 1.29 is 43.4 Å². The Labute approximate surface area is 240 Å². The molecule has 0 heterocycles. The number of fused-ring (bicyclic) bond motifs is 4. The number of hydrogen-bond acceptors (Lipinski definition) is 8. The van der Waals surface area contributed by atoms with Crippen LogP contribution in [0.15, 0.2) is 22.8 Å². The normalized spacial score (nSPS) is 37.3. The van der Waals surface area contributed by atoms with Crippen molar-refractivity contribution in [2.45, 2.75) is 93.6 Å². The van der Waals surface area contributed by atoms with Crippen molar-refractivity contribution in [3.8, 4) is 0 Å². The molecule has 0 radical (unpaired) electrons. The first-order chi connectivity index (χ1) is 18.8.